The number of ether oxygens (including phenoxy) is 2. The molecule has 5 heteroatoms. The van der Waals surface area contributed by atoms with Crippen molar-refractivity contribution in [3.63, 3.8) is 0 Å². The molecule has 0 aliphatic heterocycles. The van der Waals surface area contributed by atoms with Gasteiger partial charge in [0, 0.05) is 22.7 Å². The van der Waals surface area contributed by atoms with E-state index < -0.39 is 0 Å². The number of nitrogens with one attached hydrogen (secondary N) is 1. The third kappa shape index (κ3) is 3.29. The predicted octanol–water partition coefficient (Wildman–Crippen LogP) is 3.25. The van der Waals surface area contributed by atoms with E-state index in [0.29, 0.717) is 0 Å². The molecular formula is C15H20N2O2S. The van der Waals surface area contributed by atoms with Crippen molar-refractivity contribution >= 4 is 11.3 Å². The van der Waals surface area contributed by atoms with Crippen molar-refractivity contribution in [2.75, 3.05) is 20.8 Å². The zero-order chi connectivity index (χ0) is 14.4. The molecule has 0 spiro atoms. The molecule has 2 aromatic rings. The Balaban J connectivity index is 2.37. The zero-order valence-electron chi connectivity index (χ0n) is 12.1. The first-order valence-electron chi connectivity index (χ1n) is 6.63. The average molecular weight is 292 g/mol. The highest BCUT2D eigenvalue weighted by atomic mass is 32.1. The van der Waals surface area contributed by atoms with E-state index in [4.69, 9.17) is 9.47 Å². The minimum atomic E-state index is 0.100. The summed E-state index contributed by atoms with van der Waals surface area (Å²) >= 11 is 1.65. The van der Waals surface area contributed by atoms with Crippen LogP contribution in [0.5, 0.6) is 11.5 Å². The molecule has 108 valence electrons. The summed E-state index contributed by atoms with van der Waals surface area (Å²) in [6.07, 6.45) is 2.98. The zero-order valence-corrected chi connectivity index (χ0v) is 12.9. The van der Waals surface area contributed by atoms with Crippen molar-refractivity contribution in [1.29, 1.82) is 0 Å². The van der Waals surface area contributed by atoms with Crippen molar-refractivity contribution in [3.8, 4) is 11.5 Å². The maximum atomic E-state index is 5.51. The highest BCUT2D eigenvalue weighted by Crippen LogP contribution is 2.34. The van der Waals surface area contributed by atoms with E-state index in [-0.39, 0.29) is 6.04 Å². The average Bonchev–Trinajstić information content (AvgIpc) is 3.02. The SMILES string of the molecule is CCCNC(c1cncs1)c1ccc(OC)cc1OC. The number of aromatic nitrogens is 1. The summed E-state index contributed by atoms with van der Waals surface area (Å²) in [7, 11) is 3.34. The highest BCUT2D eigenvalue weighted by molar-refractivity contribution is 7.09. The third-order valence-corrected chi connectivity index (χ3v) is 3.93. The second-order valence-electron chi connectivity index (χ2n) is 4.40. The van der Waals surface area contributed by atoms with Gasteiger partial charge in [-0.05, 0) is 25.1 Å². The van der Waals surface area contributed by atoms with Gasteiger partial charge in [-0.15, -0.1) is 11.3 Å². The van der Waals surface area contributed by atoms with E-state index >= 15 is 0 Å². The van der Waals surface area contributed by atoms with Gasteiger partial charge >= 0.3 is 0 Å². The molecule has 0 bridgehead atoms. The maximum Gasteiger partial charge on any atom is 0.127 e. The summed E-state index contributed by atoms with van der Waals surface area (Å²) in [4.78, 5) is 5.36. The molecule has 1 atom stereocenters. The molecule has 1 heterocycles. The largest absolute Gasteiger partial charge is 0.497 e. The first kappa shape index (κ1) is 14.8. The van der Waals surface area contributed by atoms with Crippen molar-refractivity contribution in [1.82, 2.24) is 10.3 Å². The first-order valence-corrected chi connectivity index (χ1v) is 7.51. The van der Waals surface area contributed by atoms with Gasteiger partial charge < -0.3 is 14.8 Å². The minimum Gasteiger partial charge on any atom is -0.497 e. The lowest BCUT2D eigenvalue weighted by Gasteiger charge is -2.20. The molecule has 20 heavy (non-hydrogen) atoms. The van der Waals surface area contributed by atoms with Gasteiger partial charge in [-0.1, -0.05) is 6.92 Å². The third-order valence-electron chi connectivity index (χ3n) is 3.09. The summed E-state index contributed by atoms with van der Waals surface area (Å²) in [5.74, 6) is 1.62. The summed E-state index contributed by atoms with van der Waals surface area (Å²) in [5.41, 5.74) is 2.96. The maximum absolute atomic E-state index is 5.51. The van der Waals surface area contributed by atoms with Gasteiger partial charge in [0.05, 0.1) is 25.8 Å². The monoisotopic (exact) mass is 292 g/mol. The van der Waals surface area contributed by atoms with E-state index in [1.807, 2.05) is 29.9 Å². The van der Waals surface area contributed by atoms with Crippen LogP contribution in [0.2, 0.25) is 0 Å². The normalized spacial score (nSPS) is 12.2. The van der Waals surface area contributed by atoms with Gasteiger partial charge in [-0.2, -0.15) is 0 Å². The number of hydrogen-bond donors (Lipinski definition) is 1. The van der Waals surface area contributed by atoms with E-state index in [1.165, 1.54) is 4.88 Å². The fraction of sp³-hybridized carbons (Fsp3) is 0.400. The molecule has 0 radical (unpaired) electrons. The molecule has 1 aromatic carbocycles. The van der Waals surface area contributed by atoms with Gasteiger partial charge in [-0.3, -0.25) is 4.98 Å². The van der Waals surface area contributed by atoms with Gasteiger partial charge in [-0.25, -0.2) is 0 Å². The van der Waals surface area contributed by atoms with E-state index in [0.717, 1.165) is 30.0 Å². The van der Waals surface area contributed by atoms with Gasteiger partial charge in [0.1, 0.15) is 11.5 Å². The second kappa shape index (κ2) is 7.26. The van der Waals surface area contributed by atoms with E-state index in [9.17, 15) is 0 Å². The number of benzene rings is 1. The predicted molar refractivity (Wildman–Crippen MR) is 81.8 cm³/mol. The first-order chi connectivity index (χ1) is 9.80. The minimum absolute atomic E-state index is 0.100. The Bertz CT molecular complexity index is 529. The van der Waals surface area contributed by atoms with Crippen LogP contribution in [-0.4, -0.2) is 25.7 Å². The van der Waals surface area contributed by atoms with Crippen LogP contribution in [0, 0.1) is 0 Å². The topological polar surface area (TPSA) is 43.4 Å². The van der Waals surface area contributed by atoms with Crippen LogP contribution in [0.3, 0.4) is 0 Å². The van der Waals surface area contributed by atoms with Gasteiger partial charge in [0.2, 0.25) is 0 Å². The number of hydrogen-bond acceptors (Lipinski definition) is 5. The van der Waals surface area contributed by atoms with Crippen LogP contribution in [0.1, 0.15) is 29.8 Å². The van der Waals surface area contributed by atoms with Crippen molar-refractivity contribution in [2.45, 2.75) is 19.4 Å². The molecule has 2 rings (SSSR count). The Labute approximate surface area is 123 Å². The smallest absolute Gasteiger partial charge is 0.127 e. The molecule has 1 unspecified atom stereocenters. The van der Waals surface area contributed by atoms with Crippen LogP contribution in [0.15, 0.2) is 29.9 Å². The Kier molecular flexibility index (Phi) is 5.38. The quantitative estimate of drug-likeness (QED) is 0.850. The Morgan fingerprint density at radius 1 is 1.30 bits per heavy atom. The fourth-order valence-electron chi connectivity index (χ4n) is 2.08. The van der Waals surface area contributed by atoms with E-state index in [2.05, 4.69) is 17.2 Å². The summed E-state index contributed by atoms with van der Waals surface area (Å²) < 4.78 is 10.8. The summed E-state index contributed by atoms with van der Waals surface area (Å²) in [5, 5.41) is 3.55. The lowest BCUT2D eigenvalue weighted by Crippen LogP contribution is -2.23. The van der Waals surface area contributed by atoms with Crippen LogP contribution in [0.25, 0.3) is 0 Å². The summed E-state index contributed by atoms with van der Waals surface area (Å²) in [6.45, 7) is 3.10. The van der Waals surface area contributed by atoms with Gasteiger partial charge in [0.25, 0.3) is 0 Å². The number of methoxy groups -OCH3 is 2. The van der Waals surface area contributed by atoms with E-state index in [1.54, 1.807) is 25.6 Å². The van der Waals surface area contributed by atoms with Crippen molar-refractivity contribution in [3.05, 3.63) is 40.3 Å². The Hall–Kier alpha value is -1.59. The molecule has 4 nitrogen and oxygen atoms in total. The highest BCUT2D eigenvalue weighted by Gasteiger charge is 2.19. The molecule has 0 aliphatic rings. The van der Waals surface area contributed by atoms with Gasteiger partial charge in [0.15, 0.2) is 0 Å². The standard InChI is InChI=1S/C15H20N2O2S/c1-4-7-17-15(14-9-16-10-20-14)12-6-5-11(18-2)8-13(12)19-3/h5-6,8-10,15,17H,4,7H2,1-3H3. The van der Waals surface area contributed by atoms with Crippen molar-refractivity contribution < 1.29 is 9.47 Å². The van der Waals surface area contributed by atoms with Crippen LogP contribution < -0.4 is 14.8 Å². The Morgan fingerprint density at radius 3 is 2.75 bits per heavy atom. The number of nitrogens with zero attached hydrogens (tertiary/aromatic N) is 1. The van der Waals surface area contributed by atoms with Crippen molar-refractivity contribution in [2.24, 2.45) is 0 Å². The molecule has 1 N–H and O–H groups in total. The van der Waals surface area contributed by atoms with Crippen LogP contribution in [0.4, 0.5) is 0 Å². The summed E-state index contributed by atoms with van der Waals surface area (Å²) in [6, 6.07) is 6.02. The number of rotatable bonds is 7. The molecule has 1 aromatic heterocycles. The molecule has 0 fully saturated rings. The lowest BCUT2D eigenvalue weighted by molar-refractivity contribution is 0.387. The second-order valence-corrected chi connectivity index (χ2v) is 5.32. The molecule has 0 amide bonds. The molecular weight excluding hydrogens is 272 g/mol. The Morgan fingerprint density at radius 2 is 2.15 bits per heavy atom. The molecule has 0 saturated heterocycles. The fourth-order valence-corrected chi connectivity index (χ4v) is 2.79. The molecule has 0 aliphatic carbocycles. The number of thiazole rings is 1. The van der Waals surface area contributed by atoms with Crippen LogP contribution >= 0.6 is 11.3 Å². The lowest BCUT2D eigenvalue weighted by atomic mass is 10.0. The molecule has 0 saturated carbocycles. The van der Waals surface area contributed by atoms with Crippen LogP contribution in [-0.2, 0) is 0 Å².